The van der Waals surface area contributed by atoms with Crippen LogP contribution in [0.25, 0.3) is 0 Å². The molecule has 1 aliphatic rings. The first-order valence-corrected chi connectivity index (χ1v) is 6.90. The van der Waals surface area contributed by atoms with Crippen LogP contribution in [0.3, 0.4) is 0 Å². The van der Waals surface area contributed by atoms with Gasteiger partial charge in [-0.15, -0.1) is 0 Å². The molecule has 124 valence electrons. The first-order valence-electron chi connectivity index (χ1n) is 6.90. The van der Waals surface area contributed by atoms with Crippen molar-refractivity contribution in [2.75, 3.05) is 6.79 Å². The number of ether oxygens (including phenoxy) is 3. The topological polar surface area (TPSA) is 69.2 Å². The summed E-state index contributed by atoms with van der Waals surface area (Å²) in [6.45, 7) is -2.74. The van der Waals surface area contributed by atoms with E-state index in [1.807, 2.05) is 0 Å². The molecule has 0 atom stereocenters. The largest absolute Gasteiger partial charge is 0.454 e. The lowest BCUT2D eigenvalue weighted by Crippen LogP contribution is -2.17. The Morgan fingerprint density at radius 2 is 1.92 bits per heavy atom. The molecule has 24 heavy (non-hydrogen) atoms. The van der Waals surface area contributed by atoms with Crippen molar-refractivity contribution in [1.82, 2.24) is 5.43 Å². The van der Waals surface area contributed by atoms with Crippen molar-refractivity contribution in [3.8, 4) is 17.2 Å². The predicted octanol–water partition coefficient (Wildman–Crippen LogP) is 2.78. The molecule has 0 saturated heterocycles. The van der Waals surface area contributed by atoms with Crippen LogP contribution in [-0.4, -0.2) is 25.5 Å². The highest BCUT2D eigenvalue weighted by Crippen LogP contribution is 2.32. The molecular weight excluding hydrogens is 322 g/mol. The van der Waals surface area contributed by atoms with E-state index in [4.69, 9.17) is 9.47 Å². The van der Waals surface area contributed by atoms with E-state index in [0.717, 1.165) is 0 Å². The zero-order chi connectivity index (χ0) is 16.9. The SMILES string of the molecule is O=C(N/N=C/c1ccc(OC(F)F)cc1)c1ccc2c(c1)OCO2. The number of hydrogen-bond acceptors (Lipinski definition) is 5. The summed E-state index contributed by atoms with van der Waals surface area (Å²) in [6.07, 6.45) is 1.39. The minimum absolute atomic E-state index is 0.0477. The van der Waals surface area contributed by atoms with Gasteiger partial charge in [-0.3, -0.25) is 4.79 Å². The van der Waals surface area contributed by atoms with Gasteiger partial charge < -0.3 is 14.2 Å². The number of alkyl halides is 2. The fraction of sp³-hybridized carbons (Fsp3) is 0.125. The lowest BCUT2D eigenvalue weighted by molar-refractivity contribution is -0.0498. The number of hydrogen-bond donors (Lipinski definition) is 1. The van der Waals surface area contributed by atoms with Gasteiger partial charge in [0, 0.05) is 5.56 Å². The van der Waals surface area contributed by atoms with Gasteiger partial charge in [0.2, 0.25) is 6.79 Å². The van der Waals surface area contributed by atoms with E-state index >= 15 is 0 Å². The predicted molar refractivity (Wildman–Crippen MR) is 80.7 cm³/mol. The summed E-state index contributed by atoms with van der Waals surface area (Å²) in [7, 11) is 0. The van der Waals surface area contributed by atoms with E-state index in [0.29, 0.717) is 22.6 Å². The average Bonchev–Trinajstić information content (AvgIpc) is 3.03. The summed E-state index contributed by atoms with van der Waals surface area (Å²) in [5.41, 5.74) is 3.35. The number of hydrazone groups is 1. The molecule has 3 rings (SSSR count). The molecule has 0 saturated carbocycles. The molecule has 0 spiro atoms. The molecule has 0 bridgehead atoms. The lowest BCUT2D eigenvalue weighted by Gasteiger charge is -2.04. The van der Waals surface area contributed by atoms with Crippen LogP contribution in [0.1, 0.15) is 15.9 Å². The van der Waals surface area contributed by atoms with E-state index in [-0.39, 0.29) is 12.5 Å². The summed E-state index contributed by atoms with van der Waals surface area (Å²) < 4.78 is 38.7. The van der Waals surface area contributed by atoms with Crippen LogP contribution in [0.15, 0.2) is 47.6 Å². The molecule has 1 aliphatic heterocycles. The number of halogens is 2. The molecule has 1 amide bonds. The van der Waals surface area contributed by atoms with Gasteiger partial charge in [0.1, 0.15) is 5.75 Å². The van der Waals surface area contributed by atoms with Crippen molar-refractivity contribution < 1.29 is 27.8 Å². The van der Waals surface area contributed by atoms with Crippen molar-refractivity contribution in [3.63, 3.8) is 0 Å². The molecule has 0 fully saturated rings. The van der Waals surface area contributed by atoms with E-state index in [9.17, 15) is 13.6 Å². The maximum Gasteiger partial charge on any atom is 0.387 e. The number of carbonyl (C=O) groups is 1. The van der Waals surface area contributed by atoms with Gasteiger partial charge in [0.15, 0.2) is 11.5 Å². The monoisotopic (exact) mass is 334 g/mol. The molecular formula is C16H12F2N2O4. The fourth-order valence-corrected chi connectivity index (χ4v) is 2.00. The van der Waals surface area contributed by atoms with Crippen molar-refractivity contribution in [2.45, 2.75) is 6.61 Å². The van der Waals surface area contributed by atoms with Crippen molar-refractivity contribution in [2.24, 2.45) is 5.10 Å². The lowest BCUT2D eigenvalue weighted by atomic mass is 10.2. The molecule has 2 aromatic carbocycles. The summed E-state index contributed by atoms with van der Waals surface area (Å²) in [4.78, 5) is 12.0. The fourth-order valence-electron chi connectivity index (χ4n) is 2.00. The molecule has 0 aromatic heterocycles. The van der Waals surface area contributed by atoms with Crippen LogP contribution in [0, 0.1) is 0 Å². The van der Waals surface area contributed by atoms with Gasteiger partial charge >= 0.3 is 6.61 Å². The minimum atomic E-state index is -2.87. The van der Waals surface area contributed by atoms with E-state index in [1.54, 1.807) is 18.2 Å². The Labute approximate surface area is 135 Å². The third-order valence-electron chi connectivity index (χ3n) is 3.12. The summed E-state index contributed by atoms with van der Waals surface area (Å²) in [5, 5.41) is 3.82. The van der Waals surface area contributed by atoms with Crippen LogP contribution in [-0.2, 0) is 0 Å². The zero-order valence-corrected chi connectivity index (χ0v) is 12.2. The molecule has 1 heterocycles. The summed E-state index contributed by atoms with van der Waals surface area (Å²) in [5.74, 6) is 0.719. The number of rotatable bonds is 5. The van der Waals surface area contributed by atoms with Crippen LogP contribution < -0.4 is 19.6 Å². The maximum absolute atomic E-state index is 12.0. The number of carbonyl (C=O) groups excluding carboxylic acids is 1. The highest BCUT2D eigenvalue weighted by molar-refractivity contribution is 5.95. The minimum Gasteiger partial charge on any atom is -0.454 e. The Bertz CT molecular complexity index is 763. The van der Waals surface area contributed by atoms with Crippen LogP contribution in [0.5, 0.6) is 17.2 Å². The van der Waals surface area contributed by atoms with Gasteiger partial charge in [-0.25, -0.2) is 5.43 Å². The third-order valence-corrected chi connectivity index (χ3v) is 3.12. The Morgan fingerprint density at radius 3 is 2.67 bits per heavy atom. The third kappa shape index (κ3) is 3.78. The average molecular weight is 334 g/mol. The Morgan fingerprint density at radius 1 is 1.17 bits per heavy atom. The highest BCUT2D eigenvalue weighted by atomic mass is 19.3. The van der Waals surface area contributed by atoms with Crippen LogP contribution in [0.4, 0.5) is 8.78 Å². The molecule has 0 radical (unpaired) electrons. The molecule has 1 N–H and O–H groups in total. The number of fused-ring (bicyclic) bond motifs is 1. The Balaban J connectivity index is 1.58. The van der Waals surface area contributed by atoms with E-state index in [2.05, 4.69) is 15.3 Å². The highest BCUT2D eigenvalue weighted by Gasteiger charge is 2.15. The zero-order valence-electron chi connectivity index (χ0n) is 12.2. The molecule has 8 heteroatoms. The number of amides is 1. The van der Waals surface area contributed by atoms with Gasteiger partial charge in [-0.1, -0.05) is 0 Å². The molecule has 6 nitrogen and oxygen atoms in total. The van der Waals surface area contributed by atoms with Crippen molar-refractivity contribution >= 4 is 12.1 Å². The second kappa shape index (κ2) is 6.95. The van der Waals surface area contributed by atoms with Crippen molar-refractivity contribution in [1.29, 1.82) is 0 Å². The summed E-state index contributed by atoms with van der Waals surface area (Å²) in [6, 6.07) is 10.6. The first kappa shape index (κ1) is 15.7. The smallest absolute Gasteiger partial charge is 0.387 e. The van der Waals surface area contributed by atoms with Crippen LogP contribution >= 0.6 is 0 Å². The first-order chi connectivity index (χ1) is 11.6. The van der Waals surface area contributed by atoms with Crippen molar-refractivity contribution in [3.05, 3.63) is 53.6 Å². The normalized spacial score (nSPS) is 12.6. The Kier molecular flexibility index (Phi) is 4.55. The van der Waals surface area contributed by atoms with E-state index < -0.39 is 12.5 Å². The van der Waals surface area contributed by atoms with Gasteiger partial charge in [0.05, 0.1) is 6.21 Å². The number of nitrogens with one attached hydrogen (secondary N) is 1. The molecule has 0 aliphatic carbocycles. The van der Waals surface area contributed by atoms with E-state index in [1.165, 1.54) is 30.5 Å². The maximum atomic E-state index is 12.0. The van der Waals surface area contributed by atoms with Crippen LogP contribution in [0.2, 0.25) is 0 Å². The second-order valence-electron chi connectivity index (χ2n) is 4.71. The van der Waals surface area contributed by atoms with Gasteiger partial charge in [-0.05, 0) is 48.0 Å². The number of nitrogens with zero attached hydrogens (tertiary/aromatic N) is 1. The second-order valence-corrected chi connectivity index (χ2v) is 4.71. The van der Waals surface area contributed by atoms with Gasteiger partial charge in [-0.2, -0.15) is 13.9 Å². The standard InChI is InChI=1S/C16H12F2N2O4/c17-16(18)24-12-4-1-10(2-5-12)8-19-20-15(21)11-3-6-13-14(7-11)23-9-22-13/h1-8,16H,9H2,(H,20,21)/b19-8+. The molecule has 0 unspecified atom stereocenters. The quantitative estimate of drug-likeness (QED) is 0.674. The summed E-state index contributed by atoms with van der Waals surface area (Å²) >= 11 is 0. The number of benzene rings is 2. The van der Waals surface area contributed by atoms with Gasteiger partial charge in [0.25, 0.3) is 5.91 Å². The molecule has 2 aromatic rings. The Hall–Kier alpha value is -3.16.